The van der Waals surface area contributed by atoms with Gasteiger partial charge in [0.25, 0.3) is 5.91 Å². The van der Waals surface area contributed by atoms with Crippen LogP contribution >= 0.6 is 11.3 Å². The molecule has 1 aliphatic heterocycles. The molecular formula is C25H25N3O3S. The lowest BCUT2D eigenvalue weighted by molar-refractivity contribution is -0.131. The third kappa shape index (κ3) is 3.19. The molecule has 2 aromatic heterocycles. The molecule has 1 aromatic carbocycles. The second kappa shape index (κ2) is 7.74. The molecule has 6 nitrogen and oxygen atoms in total. The molecule has 1 N–H and O–H groups in total. The number of nitrogens with zero attached hydrogens (tertiary/aromatic N) is 2. The van der Waals surface area contributed by atoms with Crippen molar-refractivity contribution in [2.45, 2.75) is 45.2 Å². The molecule has 7 heteroatoms. The van der Waals surface area contributed by atoms with Gasteiger partial charge in [0.05, 0.1) is 6.54 Å². The van der Waals surface area contributed by atoms with E-state index in [1.807, 2.05) is 49.6 Å². The topological polar surface area (TPSA) is 71.4 Å². The van der Waals surface area contributed by atoms with Crippen LogP contribution in [0.5, 0.6) is 0 Å². The second-order valence-electron chi connectivity index (χ2n) is 8.62. The van der Waals surface area contributed by atoms with E-state index < -0.39 is 11.6 Å². The molecule has 32 heavy (non-hydrogen) atoms. The van der Waals surface area contributed by atoms with Crippen LogP contribution in [0, 0.1) is 13.8 Å². The van der Waals surface area contributed by atoms with Crippen molar-refractivity contribution in [1.82, 2.24) is 14.8 Å². The van der Waals surface area contributed by atoms with Gasteiger partial charge in [0.1, 0.15) is 5.54 Å². The van der Waals surface area contributed by atoms with Crippen LogP contribution in [0.1, 0.15) is 50.6 Å². The van der Waals surface area contributed by atoms with E-state index in [-0.39, 0.29) is 18.2 Å². The first-order valence-electron chi connectivity index (χ1n) is 10.9. The van der Waals surface area contributed by atoms with Gasteiger partial charge in [-0.2, -0.15) is 0 Å². The minimum Gasteiger partial charge on any atom is -0.344 e. The number of imide groups is 1. The summed E-state index contributed by atoms with van der Waals surface area (Å²) in [6.45, 7) is 4.30. The Kier molecular flexibility index (Phi) is 5.01. The smallest absolute Gasteiger partial charge is 0.325 e. The minimum absolute atomic E-state index is 0.223. The summed E-state index contributed by atoms with van der Waals surface area (Å²) in [5.41, 5.74) is 3.39. The molecule has 1 atom stereocenters. The Bertz CT molecular complexity index is 1230. The summed E-state index contributed by atoms with van der Waals surface area (Å²) < 4.78 is 2.09. The molecule has 3 heterocycles. The molecule has 5 rings (SSSR count). The van der Waals surface area contributed by atoms with Gasteiger partial charge in [-0.1, -0.05) is 30.3 Å². The zero-order chi connectivity index (χ0) is 22.5. The number of amides is 3. The molecule has 1 aliphatic carbocycles. The Morgan fingerprint density at radius 2 is 1.94 bits per heavy atom. The van der Waals surface area contributed by atoms with Crippen molar-refractivity contribution in [1.29, 1.82) is 0 Å². The predicted molar refractivity (Wildman–Crippen MR) is 123 cm³/mol. The average molecular weight is 448 g/mol. The number of benzene rings is 1. The third-order valence-corrected chi connectivity index (χ3v) is 7.68. The molecule has 3 amide bonds. The molecule has 1 spiro atoms. The van der Waals surface area contributed by atoms with Crippen molar-refractivity contribution < 1.29 is 14.4 Å². The summed E-state index contributed by atoms with van der Waals surface area (Å²) in [7, 11) is 0. The van der Waals surface area contributed by atoms with Crippen molar-refractivity contribution in [2.24, 2.45) is 0 Å². The number of Topliss-reactive ketones (excluding diaryl/α,β-unsaturated/α-hetero) is 1. The number of thiophene rings is 1. The van der Waals surface area contributed by atoms with Gasteiger partial charge >= 0.3 is 6.03 Å². The normalized spacial score (nSPS) is 20.0. The summed E-state index contributed by atoms with van der Waals surface area (Å²) in [5, 5.41) is 4.88. The maximum absolute atomic E-state index is 13.4. The van der Waals surface area contributed by atoms with E-state index in [0.29, 0.717) is 18.5 Å². The Balaban J connectivity index is 1.39. The number of hydrogen-bond acceptors (Lipinski definition) is 4. The maximum atomic E-state index is 13.4. The number of aryl methyl sites for hydroxylation is 2. The highest BCUT2D eigenvalue weighted by atomic mass is 32.1. The van der Waals surface area contributed by atoms with Gasteiger partial charge in [0.15, 0.2) is 5.78 Å². The van der Waals surface area contributed by atoms with E-state index in [1.165, 1.54) is 0 Å². The number of fused-ring (bicyclic) bond motifs is 2. The molecule has 0 saturated carbocycles. The van der Waals surface area contributed by atoms with Gasteiger partial charge in [0, 0.05) is 33.9 Å². The fraction of sp³-hybridized carbons (Fsp3) is 0.320. The number of carbonyl (C=O) groups is 3. The fourth-order valence-corrected chi connectivity index (χ4v) is 6.01. The predicted octanol–water partition coefficient (Wildman–Crippen LogP) is 4.18. The third-order valence-electron chi connectivity index (χ3n) is 6.70. The van der Waals surface area contributed by atoms with E-state index >= 15 is 0 Å². The van der Waals surface area contributed by atoms with E-state index in [1.54, 1.807) is 11.3 Å². The highest BCUT2D eigenvalue weighted by molar-refractivity contribution is 7.10. The van der Waals surface area contributed by atoms with Gasteiger partial charge in [0.2, 0.25) is 0 Å². The lowest BCUT2D eigenvalue weighted by Crippen LogP contribution is -2.46. The first kappa shape index (κ1) is 20.7. The van der Waals surface area contributed by atoms with Crippen LogP contribution in [0.25, 0.3) is 0 Å². The van der Waals surface area contributed by atoms with E-state index in [0.717, 1.165) is 45.1 Å². The van der Waals surface area contributed by atoms with Crippen LogP contribution in [0.15, 0.2) is 47.8 Å². The zero-order valence-electron chi connectivity index (χ0n) is 18.2. The van der Waals surface area contributed by atoms with Crippen LogP contribution in [0.3, 0.4) is 0 Å². The number of hydrogen-bond donors (Lipinski definition) is 1. The number of ketones is 1. The molecule has 1 fully saturated rings. The van der Waals surface area contributed by atoms with Crippen molar-refractivity contribution in [3.05, 3.63) is 80.8 Å². The highest BCUT2D eigenvalue weighted by Gasteiger charge is 2.54. The number of urea groups is 1. The van der Waals surface area contributed by atoms with Crippen molar-refractivity contribution >= 4 is 29.1 Å². The van der Waals surface area contributed by atoms with Crippen LogP contribution in [-0.4, -0.2) is 33.7 Å². The Labute approximate surface area is 190 Å². The Morgan fingerprint density at radius 1 is 1.16 bits per heavy atom. The lowest BCUT2D eigenvalue weighted by atomic mass is 9.80. The first-order chi connectivity index (χ1) is 15.4. The lowest BCUT2D eigenvalue weighted by Gasteiger charge is -2.31. The van der Waals surface area contributed by atoms with Crippen molar-refractivity contribution in [3.63, 3.8) is 0 Å². The summed E-state index contributed by atoms with van der Waals surface area (Å²) in [6, 6.07) is 13.4. The van der Waals surface area contributed by atoms with Gasteiger partial charge in [-0.3, -0.25) is 14.5 Å². The Hall–Kier alpha value is -3.19. The standard InChI is InChI=1S/C25H25N3O3S/c1-16-13-19(17(2)27(16)14-18-7-4-3-5-8-18)21(29)15-28-23(30)25(26-24(28)31)11-6-9-22-20(25)10-12-32-22/h3-5,7-8,10,12-13H,6,9,11,14-15H2,1-2H3,(H,26,31)/t25-/m1/s1. The molecule has 2 aliphatic rings. The molecule has 0 bridgehead atoms. The van der Waals surface area contributed by atoms with Gasteiger partial charge in [-0.15, -0.1) is 11.3 Å². The second-order valence-corrected chi connectivity index (χ2v) is 9.62. The number of nitrogens with one attached hydrogen (secondary N) is 1. The molecule has 164 valence electrons. The average Bonchev–Trinajstić information content (AvgIpc) is 3.44. The van der Waals surface area contributed by atoms with Gasteiger partial charge in [-0.05, 0) is 56.2 Å². The Morgan fingerprint density at radius 3 is 2.72 bits per heavy atom. The summed E-state index contributed by atoms with van der Waals surface area (Å²) >= 11 is 1.62. The maximum Gasteiger partial charge on any atom is 0.325 e. The van der Waals surface area contributed by atoms with Crippen molar-refractivity contribution in [3.8, 4) is 0 Å². The number of carbonyl (C=O) groups excluding carboxylic acids is 3. The molecule has 3 aromatic rings. The number of rotatable bonds is 5. The van der Waals surface area contributed by atoms with Gasteiger partial charge in [-0.25, -0.2) is 4.79 Å². The first-order valence-corrected chi connectivity index (χ1v) is 11.7. The molecular weight excluding hydrogens is 422 g/mol. The van der Waals surface area contributed by atoms with Crippen LogP contribution < -0.4 is 5.32 Å². The van der Waals surface area contributed by atoms with E-state index in [2.05, 4.69) is 22.0 Å². The van der Waals surface area contributed by atoms with Crippen LogP contribution in [-0.2, 0) is 23.3 Å². The largest absolute Gasteiger partial charge is 0.344 e. The zero-order valence-corrected chi connectivity index (χ0v) is 19.0. The number of aromatic nitrogens is 1. The van der Waals surface area contributed by atoms with Crippen LogP contribution in [0.2, 0.25) is 0 Å². The van der Waals surface area contributed by atoms with Gasteiger partial charge < -0.3 is 9.88 Å². The van der Waals surface area contributed by atoms with Crippen LogP contribution in [0.4, 0.5) is 4.79 Å². The molecule has 1 saturated heterocycles. The SMILES string of the molecule is Cc1cc(C(=O)CN2C(=O)N[C@@]3(CCCc4sccc43)C2=O)c(C)n1Cc1ccccc1. The summed E-state index contributed by atoms with van der Waals surface area (Å²) in [5.74, 6) is -0.535. The quantitative estimate of drug-likeness (QED) is 0.471. The molecule has 0 unspecified atom stereocenters. The minimum atomic E-state index is -1.02. The van der Waals surface area contributed by atoms with Crippen molar-refractivity contribution in [2.75, 3.05) is 6.54 Å². The summed E-state index contributed by atoms with van der Waals surface area (Å²) in [6.07, 6.45) is 2.32. The summed E-state index contributed by atoms with van der Waals surface area (Å²) in [4.78, 5) is 41.7. The van der Waals surface area contributed by atoms with E-state index in [4.69, 9.17) is 0 Å². The molecule has 0 radical (unpaired) electrons. The highest BCUT2D eigenvalue weighted by Crippen LogP contribution is 2.42. The van der Waals surface area contributed by atoms with E-state index in [9.17, 15) is 14.4 Å². The fourth-order valence-electron chi connectivity index (χ4n) is 5.01. The monoisotopic (exact) mass is 447 g/mol.